The lowest BCUT2D eigenvalue weighted by atomic mass is 9.97. The first-order valence-electron chi connectivity index (χ1n) is 6.73. The minimum Gasteiger partial charge on any atom is -0.271 e. The predicted molar refractivity (Wildman–Crippen MR) is 83.6 cm³/mol. The van der Waals surface area contributed by atoms with Gasteiger partial charge in [0.05, 0.1) is 6.04 Å². The SMILES string of the molecule is CCc1ccc(CC(NN)c2c(F)cc(Br)cc2F)cc1. The number of benzene rings is 2. The Labute approximate surface area is 131 Å². The standard InChI is InChI=1S/C16H17BrF2N2/c1-2-10-3-5-11(6-4-10)7-15(21-20)16-13(18)8-12(17)9-14(16)19/h3-6,8-9,15,21H,2,7,20H2,1H3. The number of hydrogen-bond acceptors (Lipinski definition) is 2. The third kappa shape index (κ3) is 3.87. The number of halogens is 3. The van der Waals surface area contributed by atoms with Crippen molar-refractivity contribution in [2.75, 3.05) is 0 Å². The van der Waals surface area contributed by atoms with Gasteiger partial charge in [0.25, 0.3) is 0 Å². The van der Waals surface area contributed by atoms with Crippen LogP contribution in [0.4, 0.5) is 8.78 Å². The molecule has 0 aliphatic carbocycles. The molecule has 112 valence electrons. The van der Waals surface area contributed by atoms with Crippen molar-refractivity contribution >= 4 is 15.9 Å². The Morgan fingerprint density at radius 2 is 1.62 bits per heavy atom. The molecule has 2 aromatic carbocycles. The van der Waals surface area contributed by atoms with E-state index in [0.29, 0.717) is 10.9 Å². The highest BCUT2D eigenvalue weighted by molar-refractivity contribution is 9.10. The molecule has 3 N–H and O–H groups in total. The maximum Gasteiger partial charge on any atom is 0.132 e. The van der Waals surface area contributed by atoms with Crippen molar-refractivity contribution in [2.24, 2.45) is 5.84 Å². The van der Waals surface area contributed by atoms with Crippen LogP contribution in [0.2, 0.25) is 0 Å². The van der Waals surface area contributed by atoms with Crippen LogP contribution in [0.25, 0.3) is 0 Å². The minimum atomic E-state index is -0.620. The van der Waals surface area contributed by atoms with E-state index in [1.165, 1.54) is 17.7 Å². The summed E-state index contributed by atoms with van der Waals surface area (Å²) in [6.07, 6.45) is 1.37. The molecule has 0 aliphatic rings. The molecule has 0 heterocycles. The Morgan fingerprint density at radius 1 is 1.10 bits per heavy atom. The third-order valence-corrected chi connectivity index (χ3v) is 3.92. The zero-order valence-corrected chi connectivity index (χ0v) is 13.3. The van der Waals surface area contributed by atoms with Crippen molar-refractivity contribution in [3.63, 3.8) is 0 Å². The highest BCUT2D eigenvalue weighted by Crippen LogP contribution is 2.27. The van der Waals surface area contributed by atoms with Crippen LogP contribution in [0, 0.1) is 11.6 Å². The van der Waals surface area contributed by atoms with Crippen LogP contribution in [0.15, 0.2) is 40.9 Å². The molecule has 0 saturated heterocycles. The molecule has 0 bridgehead atoms. The first-order valence-corrected chi connectivity index (χ1v) is 7.52. The first kappa shape index (κ1) is 16.1. The van der Waals surface area contributed by atoms with Gasteiger partial charge in [-0.1, -0.05) is 47.1 Å². The summed E-state index contributed by atoms with van der Waals surface area (Å²) < 4.78 is 28.4. The predicted octanol–water partition coefficient (Wildman–Crippen LogP) is 4.04. The maximum atomic E-state index is 14.0. The quantitative estimate of drug-likeness (QED) is 0.628. The number of hydrazine groups is 1. The zero-order chi connectivity index (χ0) is 15.4. The summed E-state index contributed by atoms with van der Waals surface area (Å²) in [4.78, 5) is 0. The van der Waals surface area contributed by atoms with E-state index >= 15 is 0 Å². The van der Waals surface area contributed by atoms with Gasteiger partial charge in [0.15, 0.2) is 0 Å². The van der Waals surface area contributed by atoms with Crippen LogP contribution in [-0.4, -0.2) is 0 Å². The van der Waals surface area contributed by atoms with Crippen LogP contribution in [0.1, 0.15) is 29.7 Å². The van der Waals surface area contributed by atoms with Crippen LogP contribution >= 0.6 is 15.9 Å². The molecule has 0 aliphatic heterocycles. The monoisotopic (exact) mass is 354 g/mol. The van der Waals surface area contributed by atoms with Crippen molar-refractivity contribution < 1.29 is 8.78 Å². The second-order valence-electron chi connectivity index (χ2n) is 4.88. The molecule has 0 aromatic heterocycles. The van der Waals surface area contributed by atoms with Crippen LogP contribution in [0.5, 0.6) is 0 Å². The lowest BCUT2D eigenvalue weighted by molar-refractivity contribution is 0.472. The zero-order valence-electron chi connectivity index (χ0n) is 11.7. The van der Waals surface area contributed by atoms with E-state index in [4.69, 9.17) is 5.84 Å². The second kappa shape index (κ2) is 7.11. The van der Waals surface area contributed by atoms with Gasteiger partial charge < -0.3 is 0 Å². The molecule has 21 heavy (non-hydrogen) atoms. The number of aryl methyl sites for hydroxylation is 1. The average molecular weight is 355 g/mol. The van der Waals surface area contributed by atoms with Crippen molar-refractivity contribution in [2.45, 2.75) is 25.8 Å². The third-order valence-electron chi connectivity index (χ3n) is 3.46. The Morgan fingerprint density at radius 3 is 2.10 bits per heavy atom. The summed E-state index contributed by atoms with van der Waals surface area (Å²) in [7, 11) is 0. The van der Waals surface area contributed by atoms with Gasteiger partial charge >= 0.3 is 0 Å². The van der Waals surface area contributed by atoms with E-state index in [2.05, 4.69) is 28.3 Å². The summed E-state index contributed by atoms with van der Waals surface area (Å²) in [5, 5.41) is 0. The van der Waals surface area contributed by atoms with Gasteiger partial charge in [-0.2, -0.15) is 0 Å². The number of rotatable bonds is 5. The molecule has 2 aromatic rings. The fourth-order valence-electron chi connectivity index (χ4n) is 2.28. The van der Waals surface area contributed by atoms with Gasteiger partial charge in [-0.15, -0.1) is 0 Å². The molecule has 2 rings (SSSR count). The molecule has 0 fully saturated rings. The Kier molecular flexibility index (Phi) is 5.45. The topological polar surface area (TPSA) is 38.0 Å². The summed E-state index contributed by atoms with van der Waals surface area (Å²) in [6.45, 7) is 2.08. The van der Waals surface area contributed by atoms with Gasteiger partial charge in [-0.25, -0.2) is 8.78 Å². The fraction of sp³-hybridized carbons (Fsp3) is 0.250. The molecule has 0 spiro atoms. The number of nitrogens with two attached hydrogens (primary N) is 1. The van der Waals surface area contributed by atoms with Crippen molar-refractivity contribution in [1.82, 2.24) is 5.43 Å². The Bertz CT molecular complexity index is 591. The van der Waals surface area contributed by atoms with Crippen LogP contribution in [0.3, 0.4) is 0 Å². The largest absolute Gasteiger partial charge is 0.271 e. The second-order valence-corrected chi connectivity index (χ2v) is 5.79. The number of hydrogen-bond donors (Lipinski definition) is 2. The lowest BCUT2D eigenvalue weighted by Gasteiger charge is -2.18. The molecule has 1 atom stereocenters. The van der Waals surface area contributed by atoms with E-state index < -0.39 is 17.7 Å². The van der Waals surface area contributed by atoms with Crippen LogP contribution in [-0.2, 0) is 12.8 Å². The van der Waals surface area contributed by atoms with E-state index in [9.17, 15) is 8.78 Å². The first-order chi connectivity index (χ1) is 10.0. The molecule has 1 unspecified atom stereocenters. The van der Waals surface area contributed by atoms with Crippen molar-refractivity contribution in [3.05, 3.63) is 69.2 Å². The molecular formula is C16H17BrF2N2. The summed E-state index contributed by atoms with van der Waals surface area (Å²) in [5.74, 6) is 4.26. The van der Waals surface area contributed by atoms with Crippen molar-refractivity contribution in [1.29, 1.82) is 0 Å². The van der Waals surface area contributed by atoms with Gasteiger partial charge in [0, 0.05) is 10.0 Å². The smallest absolute Gasteiger partial charge is 0.132 e. The molecular weight excluding hydrogens is 338 g/mol. The minimum absolute atomic E-state index is 0.0414. The van der Waals surface area contributed by atoms with E-state index in [0.717, 1.165) is 12.0 Å². The highest BCUT2D eigenvalue weighted by atomic mass is 79.9. The molecule has 0 saturated carbocycles. The summed E-state index contributed by atoms with van der Waals surface area (Å²) in [6, 6.07) is 9.79. The van der Waals surface area contributed by atoms with Gasteiger partial charge in [0.2, 0.25) is 0 Å². The number of nitrogens with one attached hydrogen (secondary N) is 1. The fourth-order valence-corrected chi connectivity index (χ4v) is 2.68. The normalized spacial score (nSPS) is 12.4. The van der Waals surface area contributed by atoms with E-state index in [1.54, 1.807) is 0 Å². The molecule has 5 heteroatoms. The van der Waals surface area contributed by atoms with Gasteiger partial charge in [-0.3, -0.25) is 11.3 Å². The highest BCUT2D eigenvalue weighted by Gasteiger charge is 2.20. The van der Waals surface area contributed by atoms with Crippen molar-refractivity contribution in [3.8, 4) is 0 Å². The molecule has 0 amide bonds. The Balaban J connectivity index is 2.27. The summed E-state index contributed by atoms with van der Waals surface area (Å²) in [5.41, 5.74) is 4.65. The van der Waals surface area contributed by atoms with E-state index in [1.807, 2.05) is 24.3 Å². The van der Waals surface area contributed by atoms with E-state index in [-0.39, 0.29) is 5.56 Å². The van der Waals surface area contributed by atoms with Crippen LogP contribution < -0.4 is 11.3 Å². The summed E-state index contributed by atoms with van der Waals surface area (Å²) >= 11 is 3.07. The van der Waals surface area contributed by atoms with Gasteiger partial charge in [-0.05, 0) is 36.1 Å². The maximum absolute atomic E-state index is 14.0. The average Bonchev–Trinajstić information content (AvgIpc) is 2.45. The molecule has 0 radical (unpaired) electrons. The molecule has 2 nitrogen and oxygen atoms in total. The van der Waals surface area contributed by atoms with Gasteiger partial charge in [0.1, 0.15) is 11.6 Å². The lowest BCUT2D eigenvalue weighted by Crippen LogP contribution is -2.31. The Hall–Kier alpha value is -1.30.